The molecular weight excluding hydrogens is 384 g/mol. The van der Waals surface area contributed by atoms with E-state index >= 15 is 0 Å². The number of para-hydroxylation sites is 1. The molecule has 0 bridgehead atoms. The first kappa shape index (κ1) is 20.0. The zero-order chi connectivity index (χ0) is 20.3. The van der Waals surface area contributed by atoms with Crippen molar-refractivity contribution in [3.63, 3.8) is 0 Å². The first-order valence-electron chi connectivity index (χ1n) is 8.79. The average Bonchev–Trinajstić information content (AvgIpc) is 2.69. The predicted octanol–water partition coefficient (Wildman–Crippen LogP) is 4.38. The number of anilines is 1. The molecule has 1 aromatic heterocycles. The minimum atomic E-state index is -0.722. The molecule has 5 nitrogen and oxygen atoms in total. The summed E-state index contributed by atoms with van der Waals surface area (Å²) in [5.74, 6) is -1.99. The third kappa shape index (κ3) is 4.22. The monoisotopic (exact) mass is 403 g/mol. The minimum absolute atomic E-state index is 0.100. The van der Waals surface area contributed by atoms with Crippen LogP contribution in [0.1, 0.15) is 26.3 Å². The molecule has 8 heteroatoms. The molecule has 0 aliphatic heterocycles. The standard InChI is InChI=1S/C20H19F2N3O2S/c1-3-12(2)25-19(27)14-6-4-5-7-16(14)24-20(25)28-11-18(26)23-17-10-13(21)8-9-15(17)22/h4-10,12H,3,11H2,1-2H3,(H,23,26)/t12-/m1/s1. The lowest BCUT2D eigenvalue weighted by atomic mass is 10.2. The fourth-order valence-electron chi connectivity index (χ4n) is 2.71. The Bertz CT molecular complexity index is 1080. The quantitative estimate of drug-likeness (QED) is 0.490. The van der Waals surface area contributed by atoms with Gasteiger partial charge in [-0.25, -0.2) is 13.8 Å². The smallest absolute Gasteiger partial charge is 0.262 e. The van der Waals surface area contributed by atoms with Crippen LogP contribution in [0.15, 0.2) is 52.4 Å². The van der Waals surface area contributed by atoms with Gasteiger partial charge in [-0.3, -0.25) is 14.2 Å². The second kappa shape index (κ2) is 8.52. The molecule has 0 aliphatic rings. The van der Waals surface area contributed by atoms with Crippen LogP contribution in [0.4, 0.5) is 14.5 Å². The molecule has 0 unspecified atom stereocenters. The highest BCUT2D eigenvalue weighted by atomic mass is 32.2. The number of carbonyl (C=O) groups is 1. The van der Waals surface area contributed by atoms with Crippen LogP contribution >= 0.6 is 11.8 Å². The van der Waals surface area contributed by atoms with E-state index in [4.69, 9.17) is 0 Å². The first-order valence-corrected chi connectivity index (χ1v) is 9.78. The second-order valence-electron chi connectivity index (χ2n) is 6.30. The molecular formula is C20H19F2N3O2S. The number of halogens is 2. The number of thioether (sulfide) groups is 1. The Balaban J connectivity index is 1.86. The topological polar surface area (TPSA) is 64.0 Å². The van der Waals surface area contributed by atoms with Crippen molar-refractivity contribution < 1.29 is 13.6 Å². The zero-order valence-corrected chi connectivity index (χ0v) is 16.2. The van der Waals surface area contributed by atoms with Gasteiger partial charge in [0.2, 0.25) is 5.91 Å². The number of nitrogens with one attached hydrogen (secondary N) is 1. The van der Waals surface area contributed by atoms with Gasteiger partial charge in [0.1, 0.15) is 11.6 Å². The van der Waals surface area contributed by atoms with Crippen molar-refractivity contribution in [1.82, 2.24) is 9.55 Å². The largest absolute Gasteiger partial charge is 0.323 e. The van der Waals surface area contributed by atoms with E-state index in [9.17, 15) is 18.4 Å². The molecule has 0 saturated heterocycles. The normalized spacial score (nSPS) is 12.1. The Morgan fingerprint density at radius 1 is 1.25 bits per heavy atom. The van der Waals surface area contributed by atoms with Crippen LogP contribution < -0.4 is 10.9 Å². The molecule has 28 heavy (non-hydrogen) atoms. The molecule has 2 aromatic carbocycles. The molecule has 3 aromatic rings. The maximum absolute atomic E-state index is 13.7. The van der Waals surface area contributed by atoms with Gasteiger partial charge in [-0.1, -0.05) is 30.8 Å². The highest BCUT2D eigenvalue weighted by Crippen LogP contribution is 2.23. The van der Waals surface area contributed by atoms with Gasteiger partial charge >= 0.3 is 0 Å². The summed E-state index contributed by atoms with van der Waals surface area (Å²) in [5, 5.41) is 3.27. The number of rotatable bonds is 6. The highest BCUT2D eigenvalue weighted by Gasteiger charge is 2.17. The average molecular weight is 403 g/mol. The minimum Gasteiger partial charge on any atom is -0.323 e. The lowest BCUT2D eigenvalue weighted by Gasteiger charge is -2.18. The molecule has 1 amide bonds. The molecule has 0 spiro atoms. The molecule has 0 aliphatic carbocycles. The molecule has 1 heterocycles. The van der Waals surface area contributed by atoms with Crippen molar-refractivity contribution in [2.45, 2.75) is 31.5 Å². The van der Waals surface area contributed by atoms with Crippen molar-refractivity contribution in [3.8, 4) is 0 Å². The number of nitrogens with zero attached hydrogens (tertiary/aromatic N) is 2. The Hall–Kier alpha value is -2.74. The molecule has 1 atom stereocenters. The van der Waals surface area contributed by atoms with E-state index in [0.717, 1.165) is 30.0 Å². The summed E-state index contributed by atoms with van der Waals surface area (Å²) < 4.78 is 28.5. The maximum Gasteiger partial charge on any atom is 0.262 e. The number of aromatic nitrogens is 2. The van der Waals surface area contributed by atoms with Gasteiger partial charge in [0, 0.05) is 12.1 Å². The van der Waals surface area contributed by atoms with E-state index in [1.807, 2.05) is 13.8 Å². The van der Waals surface area contributed by atoms with Crippen molar-refractivity contribution in [3.05, 3.63) is 64.5 Å². The van der Waals surface area contributed by atoms with E-state index in [-0.39, 0.29) is 23.0 Å². The first-order chi connectivity index (χ1) is 13.4. The van der Waals surface area contributed by atoms with Crippen molar-refractivity contribution >= 4 is 34.3 Å². The lowest BCUT2D eigenvalue weighted by Crippen LogP contribution is -2.26. The van der Waals surface area contributed by atoms with E-state index < -0.39 is 17.5 Å². The zero-order valence-electron chi connectivity index (χ0n) is 15.4. The summed E-state index contributed by atoms with van der Waals surface area (Å²) in [5.41, 5.74) is 0.154. The summed E-state index contributed by atoms with van der Waals surface area (Å²) in [6, 6.07) is 9.77. The number of hydrogen-bond acceptors (Lipinski definition) is 4. The third-order valence-corrected chi connectivity index (χ3v) is 5.29. The van der Waals surface area contributed by atoms with Crippen LogP contribution in [0.3, 0.4) is 0 Å². The Labute approximate surface area is 164 Å². The van der Waals surface area contributed by atoms with E-state index in [0.29, 0.717) is 22.5 Å². The van der Waals surface area contributed by atoms with Crippen molar-refractivity contribution in [1.29, 1.82) is 0 Å². The van der Waals surface area contributed by atoms with E-state index in [2.05, 4.69) is 10.3 Å². The van der Waals surface area contributed by atoms with Crippen LogP contribution in [-0.2, 0) is 4.79 Å². The molecule has 0 fully saturated rings. The third-order valence-electron chi connectivity index (χ3n) is 4.34. The number of benzene rings is 2. The Morgan fingerprint density at radius 2 is 2.00 bits per heavy atom. The second-order valence-corrected chi connectivity index (χ2v) is 7.25. The summed E-state index contributed by atoms with van der Waals surface area (Å²) in [6.45, 7) is 3.87. The van der Waals surface area contributed by atoms with Gasteiger partial charge in [-0.15, -0.1) is 0 Å². The van der Waals surface area contributed by atoms with E-state index in [1.54, 1.807) is 28.8 Å². The maximum atomic E-state index is 13.7. The highest BCUT2D eigenvalue weighted by molar-refractivity contribution is 7.99. The molecule has 146 valence electrons. The fraction of sp³-hybridized carbons (Fsp3) is 0.250. The van der Waals surface area contributed by atoms with Gasteiger partial charge in [-0.2, -0.15) is 0 Å². The molecule has 0 saturated carbocycles. The molecule has 3 rings (SSSR count). The molecule has 0 radical (unpaired) electrons. The van der Waals surface area contributed by atoms with Crippen molar-refractivity contribution in [2.24, 2.45) is 0 Å². The molecule has 1 N–H and O–H groups in total. The SMILES string of the molecule is CC[C@@H](C)n1c(SCC(=O)Nc2cc(F)ccc2F)nc2ccccc2c1=O. The van der Waals surface area contributed by atoms with Gasteiger partial charge in [0.15, 0.2) is 5.16 Å². The fourth-order valence-corrected chi connectivity index (χ4v) is 3.61. The van der Waals surface area contributed by atoms with Crippen LogP contribution in [-0.4, -0.2) is 21.2 Å². The Morgan fingerprint density at radius 3 is 2.75 bits per heavy atom. The summed E-state index contributed by atoms with van der Waals surface area (Å²) in [6.07, 6.45) is 0.716. The van der Waals surface area contributed by atoms with Crippen molar-refractivity contribution in [2.75, 3.05) is 11.1 Å². The lowest BCUT2D eigenvalue weighted by molar-refractivity contribution is -0.113. The van der Waals surface area contributed by atoms with Gasteiger partial charge in [0.25, 0.3) is 5.56 Å². The number of hydrogen-bond donors (Lipinski definition) is 1. The van der Waals surface area contributed by atoms with Crippen LogP contribution in [0.25, 0.3) is 10.9 Å². The summed E-state index contributed by atoms with van der Waals surface area (Å²) in [4.78, 5) is 29.6. The predicted molar refractivity (Wildman–Crippen MR) is 107 cm³/mol. The Kier molecular flexibility index (Phi) is 6.08. The van der Waals surface area contributed by atoms with Gasteiger partial charge in [-0.05, 0) is 37.6 Å². The summed E-state index contributed by atoms with van der Waals surface area (Å²) >= 11 is 1.08. The van der Waals surface area contributed by atoms with Crippen LogP contribution in [0, 0.1) is 11.6 Å². The van der Waals surface area contributed by atoms with E-state index in [1.165, 1.54) is 0 Å². The number of amides is 1. The number of carbonyl (C=O) groups excluding carboxylic acids is 1. The van der Waals surface area contributed by atoms with Gasteiger partial charge in [0.05, 0.1) is 22.3 Å². The van der Waals surface area contributed by atoms with Gasteiger partial charge < -0.3 is 5.32 Å². The van der Waals surface area contributed by atoms with Crippen LogP contribution in [0.5, 0.6) is 0 Å². The van der Waals surface area contributed by atoms with Crippen LogP contribution in [0.2, 0.25) is 0 Å². The summed E-state index contributed by atoms with van der Waals surface area (Å²) in [7, 11) is 0. The number of fused-ring (bicyclic) bond motifs is 1.